The van der Waals surface area contributed by atoms with Gasteiger partial charge in [-0.1, -0.05) is 91.0 Å². The van der Waals surface area contributed by atoms with Crippen LogP contribution in [0.3, 0.4) is 0 Å². The molecule has 7 aromatic rings. The van der Waals surface area contributed by atoms with Crippen LogP contribution < -0.4 is 4.52 Å². The molecule has 8 rings (SSSR count). The average Bonchev–Trinajstić information content (AvgIpc) is 3.82. The molecule has 0 saturated carbocycles. The van der Waals surface area contributed by atoms with Crippen LogP contribution in [0, 0.1) is 6.92 Å². The Bertz CT molecular complexity index is 2690. The van der Waals surface area contributed by atoms with Gasteiger partial charge in [-0.15, -0.1) is 0 Å². The Morgan fingerprint density at radius 2 is 1.16 bits per heavy atom. The lowest BCUT2D eigenvalue weighted by atomic mass is 9.95. The van der Waals surface area contributed by atoms with E-state index in [2.05, 4.69) is 0 Å². The van der Waals surface area contributed by atoms with Gasteiger partial charge in [0.25, 0.3) is 11.8 Å². The first kappa shape index (κ1) is 37.4. The third-order valence-electron chi connectivity index (χ3n) is 9.85. The summed E-state index contributed by atoms with van der Waals surface area (Å²) in [5, 5.41) is 1.63. The van der Waals surface area contributed by atoms with Gasteiger partial charge in [-0.05, 0) is 60.0 Å². The van der Waals surface area contributed by atoms with Crippen LogP contribution >= 0.6 is 7.82 Å². The number of hydrogen-bond donors (Lipinski definition) is 0. The van der Waals surface area contributed by atoms with Gasteiger partial charge in [-0.3, -0.25) is 18.6 Å². The van der Waals surface area contributed by atoms with Crippen LogP contribution in [-0.2, 0) is 55.2 Å². The number of aryl methyl sites for hydroxylation is 3. The van der Waals surface area contributed by atoms with Crippen molar-refractivity contribution >= 4 is 58.6 Å². The summed E-state index contributed by atoms with van der Waals surface area (Å²) in [6, 6.07) is 37.8. The van der Waals surface area contributed by atoms with Crippen LogP contribution in [0.5, 0.6) is 5.75 Å². The molecule has 1 aliphatic heterocycles. The normalized spacial score (nSPS) is 13.3. The van der Waals surface area contributed by atoms with Crippen molar-refractivity contribution in [3.8, 4) is 5.75 Å². The molecule has 1 aliphatic rings. The molecule has 0 unspecified atom stereocenters. The molecule has 57 heavy (non-hydrogen) atoms. The third-order valence-corrected chi connectivity index (χ3v) is 11.2. The van der Waals surface area contributed by atoms with Gasteiger partial charge in [0, 0.05) is 59.4 Å². The van der Waals surface area contributed by atoms with Gasteiger partial charge in [-0.25, -0.2) is 14.3 Å². The van der Waals surface area contributed by atoms with Gasteiger partial charge in [0.1, 0.15) is 5.75 Å². The number of ether oxygens (including phenoxy) is 1. The molecular weight excluding hydrogens is 741 g/mol. The zero-order valence-electron chi connectivity index (χ0n) is 31.5. The Balaban J connectivity index is 1.02. The number of esters is 1. The quantitative estimate of drug-likeness (QED) is 0.0647. The van der Waals surface area contributed by atoms with Gasteiger partial charge in [-0.2, -0.15) is 0 Å². The molecule has 11 nitrogen and oxygen atoms in total. The molecule has 0 fully saturated rings. The number of nitrogens with zero attached hydrogens (tertiary/aromatic N) is 3. The maximum atomic E-state index is 14.4. The third kappa shape index (κ3) is 7.56. The van der Waals surface area contributed by atoms with E-state index in [4.69, 9.17) is 18.3 Å². The fourth-order valence-electron chi connectivity index (χ4n) is 6.96. The van der Waals surface area contributed by atoms with E-state index in [0.29, 0.717) is 11.1 Å². The Kier molecular flexibility index (Phi) is 10.2. The number of phosphoric ester groups is 1. The summed E-state index contributed by atoms with van der Waals surface area (Å²) >= 11 is 0. The van der Waals surface area contributed by atoms with Crippen molar-refractivity contribution < 1.29 is 37.3 Å². The fraction of sp³-hybridized carbons (Fsp3) is 0.133. The van der Waals surface area contributed by atoms with E-state index in [9.17, 15) is 18.9 Å². The van der Waals surface area contributed by atoms with E-state index in [1.807, 2.05) is 146 Å². The second-order valence-corrected chi connectivity index (χ2v) is 15.4. The number of hydrogen-bond acceptors (Lipinski definition) is 8. The summed E-state index contributed by atoms with van der Waals surface area (Å²) in [6.07, 6.45) is 3.70. The van der Waals surface area contributed by atoms with Crippen molar-refractivity contribution in [2.45, 2.75) is 20.1 Å². The second-order valence-electron chi connectivity index (χ2n) is 13.8. The van der Waals surface area contributed by atoms with E-state index < -0.39 is 32.3 Å². The van der Waals surface area contributed by atoms with Gasteiger partial charge >= 0.3 is 13.8 Å². The van der Waals surface area contributed by atoms with Gasteiger partial charge in [0.2, 0.25) is 0 Å². The molecule has 0 radical (unpaired) electrons. The molecule has 0 N–H and O–H groups in total. The predicted octanol–water partition coefficient (Wildman–Crippen LogP) is 8.99. The van der Waals surface area contributed by atoms with Gasteiger partial charge < -0.3 is 18.4 Å². The minimum Gasteiger partial charge on any atom is -0.440 e. The smallest absolute Gasteiger partial charge is 0.440 e. The molecule has 0 bridgehead atoms. The zero-order valence-corrected chi connectivity index (χ0v) is 32.3. The van der Waals surface area contributed by atoms with Crippen LogP contribution in [0.15, 0.2) is 140 Å². The number of amides is 2. The summed E-state index contributed by atoms with van der Waals surface area (Å²) in [4.78, 5) is 43.0. The van der Waals surface area contributed by atoms with Crippen molar-refractivity contribution in [3.05, 3.63) is 173 Å². The lowest BCUT2D eigenvalue weighted by Crippen LogP contribution is -2.34. The average molecular weight is 780 g/mol. The number of carbonyl (C=O) groups excluding carboxylic acids is 3. The van der Waals surface area contributed by atoms with Crippen LogP contribution in [0.2, 0.25) is 0 Å². The molecule has 12 heteroatoms. The molecule has 3 heterocycles. The van der Waals surface area contributed by atoms with Crippen molar-refractivity contribution in [3.63, 3.8) is 0 Å². The first-order valence-corrected chi connectivity index (χ1v) is 19.7. The monoisotopic (exact) mass is 779 g/mol. The molecule has 0 saturated heterocycles. The van der Waals surface area contributed by atoms with E-state index in [0.717, 1.165) is 43.4 Å². The first-order chi connectivity index (χ1) is 27.6. The SMILES string of the molecule is Cc1ccc2c(C3=C(c4cn(C)c5ccccc45)C(=O)N(COC(=O)c4ccc(OP(=O)(OCc5ccccc5)OCc5ccccc5)cc4)C3=O)cn(C)c2c1. The first-order valence-electron chi connectivity index (χ1n) is 18.2. The van der Waals surface area contributed by atoms with Crippen LogP contribution in [0.4, 0.5) is 0 Å². The molecule has 0 atom stereocenters. The number of phosphoric acid groups is 1. The number of carbonyl (C=O) groups is 3. The molecule has 0 aliphatic carbocycles. The van der Waals surface area contributed by atoms with Crippen LogP contribution in [0.1, 0.15) is 38.2 Å². The van der Waals surface area contributed by atoms with Gasteiger partial charge in [0.05, 0.1) is 29.9 Å². The highest BCUT2D eigenvalue weighted by atomic mass is 31.2. The van der Waals surface area contributed by atoms with E-state index in [1.54, 1.807) is 0 Å². The van der Waals surface area contributed by atoms with Crippen LogP contribution in [0.25, 0.3) is 33.0 Å². The zero-order chi connectivity index (χ0) is 39.7. The Labute approximate surface area is 328 Å². The summed E-state index contributed by atoms with van der Waals surface area (Å²) in [6.45, 7) is 1.33. The maximum Gasteiger partial charge on any atom is 0.530 e. The van der Waals surface area contributed by atoms with E-state index in [1.165, 1.54) is 24.3 Å². The highest BCUT2D eigenvalue weighted by molar-refractivity contribution is 7.48. The van der Waals surface area contributed by atoms with Crippen LogP contribution in [-0.4, -0.2) is 38.5 Å². The van der Waals surface area contributed by atoms with Gasteiger partial charge in [0.15, 0.2) is 6.73 Å². The second kappa shape index (κ2) is 15.5. The molecule has 2 aromatic heterocycles. The topological polar surface area (TPSA) is 118 Å². The largest absolute Gasteiger partial charge is 0.530 e. The number of aromatic nitrogens is 2. The fourth-order valence-corrected chi connectivity index (χ4v) is 8.13. The van der Waals surface area contributed by atoms with Crippen molar-refractivity contribution in [1.82, 2.24) is 14.0 Å². The molecule has 286 valence electrons. The minimum atomic E-state index is -4.15. The number of rotatable bonds is 13. The molecule has 2 amide bonds. The predicted molar refractivity (Wildman–Crippen MR) is 217 cm³/mol. The standard InChI is InChI=1S/C45H38N3O8P/c1-30-18-23-36-38(26-47(3)40(36)24-30)42-41(37-25-46(2)39-17-11-10-16-35(37)39)43(49)48(44(42)50)29-53-45(51)33-19-21-34(22-20-33)56-57(52,54-27-31-12-6-4-7-13-31)55-28-32-14-8-5-9-15-32/h4-26H,27-29H2,1-3H3. The number of fused-ring (bicyclic) bond motifs is 2. The summed E-state index contributed by atoms with van der Waals surface area (Å²) in [5.74, 6) is -1.81. The highest BCUT2D eigenvalue weighted by Crippen LogP contribution is 2.51. The number of benzene rings is 5. The molecular formula is C45H38N3O8P. The summed E-state index contributed by atoms with van der Waals surface area (Å²) in [5.41, 5.74) is 6.20. The minimum absolute atomic E-state index is 0.0236. The Morgan fingerprint density at radius 1 is 0.632 bits per heavy atom. The Morgan fingerprint density at radius 3 is 1.75 bits per heavy atom. The summed E-state index contributed by atoms with van der Waals surface area (Å²) in [7, 11) is -0.366. The maximum absolute atomic E-state index is 14.4. The van der Waals surface area contributed by atoms with Crippen molar-refractivity contribution in [2.75, 3.05) is 6.73 Å². The lowest BCUT2D eigenvalue weighted by Gasteiger charge is -2.19. The van der Waals surface area contributed by atoms with Crippen molar-refractivity contribution in [1.29, 1.82) is 0 Å². The highest BCUT2D eigenvalue weighted by Gasteiger charge is 2.42. The molecule has 5 aromatic carbocycles. The van der Waals surface area contributed by atoms with E-state index >= 15 is 0 Å². The Hall–Kier alpha value is -6.52. The van der Waals surface area contributed by atoms with E-state index in [-0.39, 0.29) is 35.7 Å². The number of para-hydroxylation sites is 1. The lowest BCUT2D eigenvalue weighted by molar-refractivity contribution is -0.140. The number of imide groups is 1. The summed E-state index contributed by atoms with van der Waals surface area (Å²) < 4.78 is 40.5. The molecule has 0 spiro atoms. The van der Waals surface area contributed by atoms with Crippen molar-refractivity contribution in [2.24, 2.45) is 14.1 Å².